The summed E-state index contributed by atoms with van der Waals surface area (Å²) in [6.07, 6.45) is 2.84. The van der Waals surface area contributed by atoms with Gasteiger partial charge in [-0.1, -0.05) is 74.5 Å². The lowest BCUT2D eigenvalue weighted by atomic mass is 10.2. The average Bonchev–Trinajstić information content (AvgIpc) is 3.49. The molecule has 3 aromatic heterocycles. The predicted octanol–water partition coefficient (Wildman–Crippen LogP) is 1.98. The van der Waals surface area contributed by atoms with Crippen molar-refractivity contribution in [2.24, 2.45) is 0 Å². The van der Waals surface area contributed by atoms with Gasteiger partial charge in [-0.15, -0.1) is 0 Å². The van der Waals surface area contributed by atoms with E-state index in [0.717, 1.165) is 22.1 Å². The summed E-state index contributed by atoms with van der Waals surface area (Å²) in [4.78, 5) is 56.1. The van der Waals surface area contributed by atoms with Crippen LogP contribution < -0.4 is 34.0 Å². The van der Waals surface area contributed by atoms with Crippen molar-refractivity contribution in [3.05, 3.63) is 120 Å². The van der Waals surface area contributed by atoms with Crippen LogP contribution in [0.4, 0.5) is 11.5 Å². The largest absolute Gasteiger partial charge is 0.391 e. The number of nitrogen functional groups attached to an aromatic ring is 2. The maximum Gasteiger partial charge on any atom is 0.333 e. The van der Waals surface area contributed by atoms with Crippen molar-refractivity contribution in [1.29, 1.82) is 0 Å². The van der Waals surface area contributed by atoms with Crippen molar-refractivity contribution >= 4 is 22.7 Å². The zero-order valence-corrected chi connectivity index (χ0v) is 23.1. The van der Waals surface area contributed by atoms with Gasteiger partial charge in [0.25, 0.3) is 11.1 Å². The number of nitrogens with zero attached hydrogens (tertiary/aromatic N) is 5. The number of nitrogens with two attached hydrogens (primary N) is 2. The summed E-state index contributed by atoms with van der Waals surface area (Å²) in [6, 6.07) is 19.1. The molecule has 214 valence electrons. The van der Waals surface area contributed by atoms with Crippen molar-refractivity contribution in [1.82, 2.24) is 28.2 Å². The van der Waals surface area contributed by atoms with Crippen LogP contribution in [0.15, 0.2) is 86.2 Å². The van der Waals surface area contributed by atoms with Gasteiger partial charge in [0, 0.05) is 13.1 Å². The highest BCUT2D eigenvalue weighted by Crippen LogP contribution is 2.10. The van der Waals surface area contributed by atoms with E-state index in [4.69, 9.17) is 11.5 Å². The lowest BCUT2D eigenvalue weighted by molar-refractivity contribution is 0.573. The first-order chi connectivity index (χ1) is 19.8. The average molecular weight is 559 g/mol. The Balaban J connectivity index is 0.000000189. The van der Waals surface area contributed by atoms with Crippen molar-refractivity contribution in [2.45, 2.75) is 52.9 Å². The van der Waals surface area contributed by atoms with Crippen LogP contribution in [-0.4, -0.2) is 28.2 Å². The molecule has 2 aromatic carbocycles. The molecule has 0 saturated carbocycles. The molecule has 0 saturated heterocycles. The Morgan fingerprint density at radius 1 is 0.683 bits per heavy atom. The van der Waals surface area contributed by atoms with E-state index in [9.17, 15) is 19.2 Å². The summed E-state index contributed by atoms with van der Waals surface area (Å²) in [5.41, 5.74) is 12.6. The molecule has 0 atom stereocenters. The van der Waals surface area contributed by atoms with Gasteiger partial charge in [0.2, 0.25) is 0 Å². The van der Waals surface area contributed by atoms with Crippen LogP contribution in [0.2, 0.25) is 0 Å². The number of benzene rings is 2. The lowest BCUT2D eigenvalue weighted by Gasteiger charge is -2.14. The van der Waals surface area contributed by atoms with Gasteiger partial charge in [0.05, 0.1) is 19.4 Å². The Labute approximate surface area is 235 Å². The molecule has 0 bridgehead atoms. The molecule has 12 heteroatoms. The van der Waals surface area contributed by atoms with Gasteiger partial charge in [-0.3, -0.25) is 27.9 Å². The summed E-state index contributed by atoms with van der Waals surface area (Å²) in [5, 5.41) is 0. The number of nitrogens with one attached hydrogen (secondary N) is 1. The van der Waals surface area contributed by atoms with Gasteiger partial charge >= 0.3 is 11.4 Å². The van der Waals surface area contributed by atoms with E-state index in [0.29, 0.717) is 43.8 Å². The summed E-state index contributed by atoms with van der Waals surface area (Å²) >= 11 is 0. The topological polar surface area (TPSA) is 169 Å². The standard InChI is InChI=1S/C15H16N4O2.C14H18N4O2/c1-2-8-18-14(20)12-13(17-10-16-12)19(15(18)21)9-11-6-4-3-5-7-11;1-2-8-17-13(19)11(15)12(16)18(14(17)20)9-10-6-4-3-5-7-10/h3-7,10H,2,8-9H2,1H3,(H,16,17);3-7H,2,8-9,15-16H2,1H3. The minimum absolute atomic E-state index is 0.0243. The predicted molar refractivity (Wildman–Crippen MR) is 160 cm³/mol. The van der Waals surface area contributed by atoms with Crippen LogP contribution in [0.25, 0.3) is 11.2 Å². The Hall–Kier alpha value is -5.13. The monoisotopic (exact) mass is 558 g/mol. The maximum atomic E-state index is 12.6. The molecule has 3 heterocycles. The van der Waals surface area contributed by atoms with Gasteiger partial charge < -0.3 is 16.5 Å². The summed E-state index contributed by atoms with van der Waals surface area (Å²) in [7, 11) is 0. The van der Waals surface area contributed by atoms with Gasteiger partial charge in [-0.05, 0) is 24.0 Å². The van der Waals surface area contributed by atoms with Crippen molar-refractivity contribution in [3.63, 3.8) is 0 Å². The molecule has 0 aliphatic carbocycles. The first-order valence-corrected chi connectivity index (χ1v) is 13.4. The second kappa shape index (κ2) is 12.8. The fourth-order valence-corrected chi connectivity index (χ4v) is 4.51. The van der Waals surface area contributed by atoms with Crippen LogP contribution in [0, 0.1) is 0 Å². The fourth-order valence-electron chi connectivity index (χ4n) is 4.51. The minimum atomic E-state index is -0.515. The number of hydrogen-bond donors (Lipinski definition) is 3. The zero-order chi connectivity index (χ0) is 29.5. The summed E-state index contributed by atoms with van der Waals surface area (Å²) < 4.78 is 5.28. The van der Waals surface area contributed by atoms with E-state index in [1.54, 1.807) is 0 Å². The van der Waals surface area contributed by atoms with Crippen molar-refractivity contribution in [2.75, 3.05) is 11.5 Å². The molecular weight excluding hydrogens is 524 g/mol. The Morgan fingerprint density at radius 2 is 1.17 bits per heavy atom. The lowest BCUT2D eigenvalue weighted by Crippen LogP contribution is -2.42. The van der Waals surface area contributed by atoms with Gasteiger partial charge in [0.1, 0.15) is 17.0 Å². The van der Waals surface area contributed by atoms with Crippen LogP contribution in [0.3, 0.4) is 0 Å². The highest BCUT2D eigenvalue weighted by molar-refractivity contribution is 5.69. The van der Waals surface area contributed by atoms with E-state index >= 15 is 0 Å². The van der Waals surface area contributed by atoms with Crippen molar-refractivity contribution < 1.29 is 0 Å². The molecule has 0 radical (unpaired) electrons. The molecule has 0 aliphatic heterocycles. The SMILES string of the molecule is CCCn1c(=O)c(N)c(N)n(Cc2ccccc2)c1=O.CCCn1c(=O)c2[nH]cnc2n(Cc2ccccc2)c1=O. The summed E-state index contributed by atoms with van der Waals surface area (Å²) in [6.45, 7) is 5.24. The Bertz CT molecular complexity index is 1870. The van der Waals surface area contributed by atoms with E-state index in [1.165, 1.54) is 20.0 Å². The quantitative estimate of drug-likeness (QED) is 0.261. The molecule has 0 unspecified atom stereocenters. The molecule has 5 N–H and O–H groups in total. The smallest absolute Gasteiger partial charge is 0.333 e. The second-order valence-corrected chi connectivity index (χ2v) is 9.52. The van der Waals surface area contributed by atoms with E-state index in [-0.39, 0.29) is 22.8 Å². The van der Waals surface area contributed by atoms with Crippen LogP contribution in [0.5, 0.6) is 0 Å². The van der Waals surface area contributed by atoms with E-state index < -0.39 is 11.2 Å². The molecule has 0 aliphatic rings. The number of imidazole rings is 1. The van der Waals surface area contributed by atoms with Crippen LogP contribution in [0.1, 0.15) is 37.8 Å². The van der Waals surface area contributed by atoms with Gasteiger partial charge in [0.15, 0.2) is 5.65 Å². The van der Waals surface area contributed by atoms with E-state index in [2.05, 4.69) is 9.97 Å². The van der Waals surface area contributed by atoms with Crippen LogP contribution in [-0.2, 0) is 26.2 Å². The van der Waals surface area contributed by atoms with Gasteiger partial charge in [-0.25, -0.2) is 14.6 Å². The molecule has 5 rings (SSSR count). The molecule has 5 aromatic rings. The third-order valence-corrected chi connectivity index (χ3v) is 6.56. The second-order valence-electron chi connectivity index (χ2n) is 9.52. The molecule has 12 nitrogen and oxygen atoms in total. The minimum Gasteiger partial charge on any atom is -0.391 e. The number of aromatic nitrogens is 6. The van der Waals surface area contributed by atoms with Crippen molar-refractivity contribution in [3.8, 4) is 0 Å². The first kappa shape index (κ1) is 28.9. The van der Waals surface area contributed by atoms with E-state index in [1.807, 2.05) is 74.5 Å². The zero-order valence-electron chi connectivity index (χ0n) is 23.1. The van der Waals surface area contributed by atoms with Crippen LogP contribution >= 0.6 is 0 Å². The molecule has 0 amide bonds. The normalized spacial score (nSPS) is 10.9. The number of anilines is 2. The Morgan fingerprint density at radius 3 is 1.71 bits per heavy atom. The number of fused-ring (bicyclic) bond motifs is 1. The molecule has 41 heavy (non-hydrogen) atoms. The van der Waals surface area contributed by atoms with Gasteiger partial charge in [-0.2, -0.15) is 0 Å². The third-order valence-electron chi connectivity index (χ3n) is 6.56. The number of rotatable bonds is 8. The highest BCUT2D eigenvalue weighted by atomic mass is 16.2. The highest BCUT2D eigenvalue weighted by Gasteiger charge is 2.16. The maximum absolute atomic E-state index is 12.6. The molecular formula is C29H34N8O4. The number of H-pyrrole nitrogens is 1. The fraction of sp³-hybridized carbons (Fsp3) is 0.276. The Kier molecular flexibility index (Phi) is 9.02. The third kappa shape index (κ3) is 6.06. The molecule has 0 spiro atoms. The first-order valence-electron chi connectivity index (χ1n) is 13.4. The number of aromatic amines is 1. The number of hydrogen-bond acceptors (Lipinski definition) is 7. The molecule has 0 fully saturated rings. The summed E-state index contributed by atoms with van der Waals surface area (Å²) in [5.74, 6) is 0.0243.